The molecule has 1 aromatic carbocycles. The number of esters is 1. The van der Waals surface area contributed by atoms with Crippen LogP contribution in [-0.4, -0.2) is 48.4 Å². The minimum Gasteiger partial charge on any atom is -0.459 e. The van der Waals surface area contributed by atoms with Crippen molar-refractivity contribution in [3.05, 3.63) is 35.9 Å². The Labute approximate surface area is 142 Å². The zero-order chi connectivity index (χ0) is 17.7. The van der Waals surface area contributed by atoms with Gasteiger partial charge >= 0.3 is 12.1 Å². The van der Waals surface area contributed by atoms with E-state index in [1.165, 1.54) is 12.0 Å². The molecule has 0 radical (unpaired) electrons. The normalized spacial score (nSPS) is 20.8. The van der Waals surface area contributed by atoms with Crippen LogP contribution in [0.1, 0.15) is 32.8 Å². The average molecular weight is 335 g/mol. The number of hydrogen-bond donors (Lipinski definition) is 0. The van der Waals surface area contributed by atoms with Gasteiger partial charge in [-0.3, -0.25) is 4.90 Å². The maximum Gasteiger partial charge on any atom is 0.411 e. The molecule has 0 saturated carbocycles. The number of rotatable bonds is 4. The third-order valence-corrected chi connectivity index (χ3v) is 3.74. The minimum atomic E-state index is -0.784. The summed E-state index contributed by atoms with van der Waals surface area (Å²) in [5.74, 6) is -0.478. The molecule has 24 heavy (non-hydrogen) atoms. The van der Waals surface area contributed by atoms with Gasteiger partial charge in [-0.15, -0.1) is 0 Å². The second-order valence-corrected chi connectivity index (χ2v) is 6.77. The van der Waals surface area contributed by atoms with Crippen molar-refractivity contribution in [1.29, 1.82) is 0 Å². The first-order chi connectivity index (χ1) is 11.3. The van der Waals surface area contributed by atoms with Gasteiger partial charge in [0.25, 0.3) is 0 Å². The highest BCUT2D eigenvalue weighted by Crippen LogP contribution is 2.24. The number of carbonyl (C=O) groups is 2. The molecular formula is C18H25NO5. The van der Waals surface area contributed by atoms with E-state index in [1.54, 1.807) is 20.8 Å². The lowest BCUT2D eigenvalue weighted by Gasteiger charge is -2.28. The van der Waals surface area contributed by atoms with Crippen LogP contribution >= 0.6 is 0 Å². The van der Waals surface area contributed by atoms with Crippen LogP contribution in [0.3, 0.4) is 0 Å². The van der Waals surface area contributed by atoms with E-state index in [4.69, 9.17) is 14.2 Å². The molecule has 0 N–H and O–H groups in total. The van der Waals surface area contributed by atoms with E-state index in [2.05, 4.69) is 0 Å². The van der Waals surface area contributed by atoms with Crippen LogP contribution < -0.4 is 0 Å². The van der Waals surface area contributed by atoms with Gasteiger partial charge < -0.3 is 14.2 Å². The molecule has 1 aliphatic heterocycles. The SMILES string of the molecule is COC1CCN(C(=O)OC(C)(C)C)[C@@H]1C(=O)OCc1ccccc1. The van der Waals surface area contributed by atoms with E-state index < -0.39 is 23.7 Å². The highest BCUT2D eigenvalue weighted by atomic mass is 16.6. The summed E-state index contributed by atoms with van der Waals surface area (Å²) < 4.78 is 16.1. The predicted octanol–water partition coefficient (Wildman–Crippen LogP) is 2.75. The zero-order valence-corrected chi connectivity index (χ0v) is 14.7. The Hall–Kier alpha value is -2.08. The Morgan fingerprint density at radius 1 is 1.21 bits per heavy atom. The monoisotopic (exact) mass is 335 g/mol. The second kappa shape index (κ2) is 7.66. The van der Waals surface area contributed by atoms with Crippen molar-refractivity contribution in [2.24, 2.45) is 0 Å². The van der Waals surface area contributed by atoms with E-state index in [0.717, 1.165) is 5.56 Å². The summed E-state index contributed by atoms with van der Waals surface area (Å²) in [5, 5.41) is 0. The van der Waals surface area contributed by atoms with E-state index in [0.29, 0.717) is 13.0 Å². The van der Waals surface area contributed by atoms with Crippen LogP contribution in [0.5, 0.6) is 0 Å². The first-order valence-electron chi connectivity index (χ1n) is 8.05. The third kappa shape index (κ3) is 4.71. The zero-order valence-electron chi connectivity index (χ0n) is 14.7. The fourth-order valence-corrected chi connectivity index (χ4v) is 2.63. The molecule has 2 rings (SSSR count). The van der Waals surface area contributed by atoms with Crippen molar-refractivity contribution < 1.29 is 23.8 Å². The van der Waals surface area contributed by atoms with Crippen molar-refractivity contribution in [1.82, 2.24) is 4.90 Å². The number of hydrogen-bond acceptors (Lipinski definition) is 5. The van der Waals surface area contributed by atoms with Gasteiger partial charge in [-0.25, -0.2) is 9.59 Å². The van der Waals surface area contributed by atoms with Crippen molar-refractivity contribution in [2.45, 2.75) is 51.5 Å². The van der Waals surface area contributed by atoms with E-state index in [9.17, 15) is 9.59 Å². The molecule has 1 saturated heterocycles. The van der Waals surface area contributed by atoms with Crippen LogP contribution in [0.2, 0.25) is 0 Å². The summed E-state index contributed by atoms with van der Waals surface area (Å²) in [6.07, 6.45) is -0.342. The van der Waals surface area contributed by atoms with Crippen LogP contribution in [0.15, 0.2) is 30.3 Å². The second-order valence-electron chi connectivity index (χ2n) is 6.77. The Balaban J connectivity index is 2.04. The predicted molar refractivity (Wildman–Crippen MR) is 88.4 cm³/mol. The van der Waals surface area contributed by atoms with Gasteiger partial charge in [-0.2, -0.15) is 0 Å². The highest BCUT2D eigenvalue weighted by Gasteiger charge is 2.44. The Kier molecular flexibility index (Phi) is 5.83. The maximum atomic E-state index is 12.5. The van der Waals surface area contributed by atoms with Crippen molar-refractivity contribution in [2.75, 3.05) is 13.7 Å². The fourth-order valence-electron chi connectivity index (χ4n) is 2.63. The van der Waals surface area contributed by atoms with Gasteiger partial charge in [0.15, 0.2) is 6.04 Å². The summed E-state index contributed by atoms with van der Waals surface area (Å²) in [7, 11) is 1.53. The molecule has 0 aliphatic carbocycles. The van der Waals surface area contributed by atoms with Gasteiger partial charge in [-0.1, -0.05) is 30.3 Å². The largest absolute Gasteiger partial charge is 0.459 e. The smallest absolute Gasteiger partial charge is 0.411 e. The van der Waals surface area contributed by atoms with Crippen molar-refractivity contribution in [3.63, 3.8) is 0 Å². The Bertz CT molecular complexity index is 567. The molecule has 0 bridgehead atoms. The number of amides is 1. The van der Waals surface area contributed by atoms with E-state index in [-0.39, 0.29) is 12.7 Å². The Morgan fingerprint density at radius 2 is 1.88 bits per heavy atom. The molecule has 1 aromatic rings. The highest BCUT2D eigenvalue weighted by molar-refractivity contribution is 5.83. The van der Waals surface area contributed by atoms with Gasteiger partial charge in [0.1, 0.15) is 12.2 Å². The summed E-state index contributed by atoms with van der Waals surface area (Å²) in [6.45, 7) is 5.93. The number of ether oxygens (including phenoxy) is 3. The molecule has 1 aliphatic rings. The first-order valence-corrected chi connectivity index (χ1v) is 8.05. The van der Waals surface area contributed by atoms with Crippen molar-refractivity contribution >= 4 is 12.1 Å². The first kappa shape index (κ1) is 18.3. The molecule has 1 fully saturated rings. The van der Waals surface area contributed by atoms with Crippen LogP contribution in [-0.2, 0) is 25.6 Å². The van der Waals surface area contributed by atoms with Crippen LogP contribution in [0.4, 0.5) is 4.79 Å². The standard InChI is InChI=1S/C18H25NO5/c1-18(2,3)24-17(21)19-11-10-14(22-4)15(19)16(20)23-12-13-8-6-5-7-9-13/h5-9,14-15H,10-12H2,1-4H3/t14?,15-/m0/s1. The number of carbonyl (C=O) groups excluding carboxylic acids is 2. The summed E-state index contributed by atoms with van der Waals surface area (Å²) in [6, 6.07) is 8.62. The number of benzene rings is 1. The summed E-state index contributed by atoms with van der Waals surface area (Å²) in [5.41, 5.74) is 0.266. The van der Waals surface area contributed by atoms with Gasteiger partial charge in [0, 0.05) is 13.7 Å². The summed E-state index contributed by atoms with van der Waals surface area (Å²) >= 11 is 0. The lowest BCUT2D eigenvalue weighted by atomic mass is 10.1. The topological polar surface area (TPSA) is 65.1 Å². The molecule has 6 nitrogen and oxygen atoms in total. The van der Waals surface area contributed by atoms with Gasteiger partial charge in [0.05, 0.1) is 6.10 Å². The lowest BCUT2D eigenvalue weighted by molar-refractivity contribution is -0.153. The number of likely N-dealkylation sites (tertiary alicyclic amines) is 1. The number of methoxy groups -OCH3 is 1. The van der Waals surface area contributed by atoms with E-state index >= 15 is 0 Å². The van der Waals surface area contributed by atoms with Crippen LogP contribution in [0.25, 0.3) is 0 Å². The summed E-state index contributed by atoms with van der Waals surface area (Å²) in [4.78, 5) is 26.3. The average Bonchev–Trinajstić information content (AvgIpc) is 2.96. The molecular weight excluding hydrogens is 310 g/mol. The van der Waals surface area contributed by atoms with Crippen LogP contribution in [0, 0.1) is 0 Å². The third-order valence-electron chi connectivity index (χ3n) is 3.74. The van der Waals surface area contributed by atoms with E-state index in [1.807, 2.05) is 30.3 Å². The molecule has 1 heterocycles. The van der Waals surface area contributed by atoms with Gasteiger partial charge in [0.2, 0.25) is 0 Å². The number of nitrogens with zero attached hydrogens (tertiary/aromatic N) is 1. The minimum absolute atomic E-state index is 0.161. The molecule has 1 unspecified atom stereocenters. The molecule has 0 spiro atoms. The van der Waals surface area contributed by atoms with Crippen molar-refractivity contribution in [3.8, 4) is 0 Å². The molecule has 6 heteroatoms. The van der Waals surface area contributed by atoms with Gasteiger partial charge in [-0.05, 0) is 32.8 Å². The molecule has 2 atom stereocenters. The quantitative estimate of drug-likeness (QED) is 0.792. The molecule has 0 aromatic heterocycles. The maximum absolute atomic E-state index is 12.5. The molecule has 132 valence electrons. The lowest BCUT2D eigenvalue weighted by Crippen LogP contribution is -2.48. The Morgan fingerprint density at radius 3 is 2.46 bits per heavy atom. The molecule has 1 amide bonds. The fraction of sp³-hybridized carbons (Fsp3) is 0.556.